The highest BCUT2D eigenvalue weighted by Crippen LogP contribution is 2.22. The summed E-state index contributed by atoms with van der Waals surface area (Å²) in [4.78, 5) is 19.0. The number of fused-ring (bicyclic) bond motifs is 1. The van der Waals surface area contributed by atoms with Gasteiger partial charge in [-0.05, 0) is 37.3 Å². The maximum Gasteiger partial charge on any atom is 0.223 e. The van der Waals surface area contributed by atoms with Gasteiger partial charge >= 0.3 is 0 Å². The zero-order valence-corrected chi connectivity index (χ0v) is 17.7. The molecule has 3 rings (SSSR count). The highest BCUT2D eigenvalue weighted by molar-refractivity contribution is 14.0. The molecule has 0 saturated carbocycles. The highest BCUT2D eigenvalue weighted by Gasteiger charge is 2.22. The Morgan fingerprint density at radius 2 is 1.85 bits per heavy atom. The van der Waals surface area contributed by atoms with Crippen molar-refractivity contribution < 1.29 is 4.79 Å². The van der Waals surface area contributed by atoms with Crippen LogP contribution >= 0.6 is 24.0 Å². The molecule has 1 aliphatic heterocycles. The number of benzene rings is 1. The topological polar surface area (TPSA) is 56.7 Å². The second kappa shape index (κ2) is 10.5. The molecule has 0 aromatic heterocycles. The number of hydrogen-bond acceptors (Lipinski definition) is 2. The zero-order chi connectivity index (χ0) is 17.5. The van der Waals surface area contributed by atoms with E-state index >= 15 is 0 Å². The average molecular weight is 468 g/mol. The molecule has 1 aromatic carbocycles. The maximum absolute atomic E-state index is 12.4. The van der Waals surface area contributed by atoms with E-state index in [1.165, 1.54) is 11.1 Å². The Bertz CT molecular complexity index is 626. The van der Waals surface area contributed by atoms with E-state index in [2.05, 4.69) is 46.8 Å². The van der Waals surface area contributed by atoms with Gasteiger partial charge in [-0.15, -0.1) is 24.0 Å². The molecule has 0 fully saturated rings. The van der Waals surface area contributed by atoms with Crippen molar-refractivity contribution in [2.45, 2.75) is 51.7 Å². The lowest BCUT2D eigenvalue weighted by molar-refractivity contribution is -0.131. The first-order valence-electron chi connectivity index (χ1n) is 9.30. The normalized spacial score (nSPS) is 16.3. The third-order valence-corrected chi connectivity index (χ3v) is 4.71. The lowest BCUT2D eigenvalue weighted by atomic mass is 10.1. The SMILES string of the molecule is CCNC(=NCCCC(=O)N1Cc2ccccc2C1)NC1CC=CC1.I. The number of carbonyl (C=O) groups is 1. The molecule has 1 aromatic rings. The lowest BCUT2D eigenvalue weighted by Gasteiger charge is -2.17. The molecule has 0 radical (unpaired) electrons. The van der Waals surface area contributed by atoms with E-state index in [0.717, 1.165) is 44.9 Å². The van der Waals surface area contributed by atoms with Crippen molar-refractivity contribution in [1.29, 1.82) is 0 Å². The van der Waals surface area contributed by atoms with Gasteiger partial charge in [-0.25, -0.2) is 0 Å². The number of hydrogen-bond donors (Lipinski definition) is 2. The summed E-state index contributed by atoms with van der Waals surface area (Å²) in [6.45, 7) is 5.08. The molecule has 0 spiro atoms. The van der Waals surface area contributed by atoms with E-state index < -0.39 is 0 Å². The van der Waals surface area contributed by atoms with E-state index in [0.29, 0.717) is 19.0 Å². The van der Waals surface area contributed by atoms with Gasteiger partial charge in [-0.3, -0.25) is 9.79 Å². The predicted molar refractivity (Wildman–Crippen MR) is 117 cm³/mol. The van der Waals surface area contributed by atoms with Crippen molar-refractivity contribution in [1.82, 2.24) is 15.5 Å². The van der Waals surface area contributed by atoms with Crippen LogP contribution in [0, 0.1) is 0 Å². The number of aliphatic imine (C=N–C) groups is 1. The van der Waals surface area contributed by atoms with Crippen LogP contribution in [0.1, 0.15) is 43.7 Å². The van der Waals surface area contributed by atoms with Crippen molar-refractivity contribution in [3.05, 3.63) is 47.5 Å². The molecular weight excluding hydrogens is 439 g/mol. The number of nitrogens with zero attached hydrogens (tertiary/aromatic N) is 2. The molecule has 6 heteroatoms. The van der Waals surface area contributed by atoms with Crippen LogP contribution in [0.3, 0.4) is 0 Å². The van der Waals surface area contributed by atoms with Crippen LogP contribution in [-0.2, 0) is 17.9 Å². The second-order valence-corrected chi connectivity index (χ2v) is 6.67. The Balaban J connectivity index is 0.00000243. The maximum atomic E-state index is 12.4. The summed E-state index contributed by atoms with van der Waals surface area (Å²) in [6.07, 6.45) is 7.85. The van der Waals surface area contributed by atoms with E-state index in [4.69, 9.17) is 0 Å². The van der Waals surface area contributed by atoms with Gasteiger partial charge in [-0.1, -0.05) is 36.4 Å². The molecular formula is C20H29IN4O. The van der Waals surface area contributed by atoms with Gasteiger partial charge in [-0.2, -0.15) is 0 Å². The van der Waals surface area contributed by atoms with Crippen molar-refractivity contribution >= 4 is 35.8 Å². The summed E-state index contributed by atoms with van der Waals surface area (Å²) in [5.41, 5.74) is 2.55. The quantitative estimate of drug-likeness (QED) is 0.222. The van der Waals surface area contributed by atoms with E-state index in [-0.39, 0.29) is 29.9 Å². The van der Waals surface area contributed by atoms with E-state index in [1.54, 1.807) is 0 Å². The van der Waals surface area contributed by atoms with Crippen LogP contribution in [0.5, 0.6) is 0 Å². The monoisotopic (exact) mass is 468 g/mol. The summed E-state index contributed by atoms with van der Waals surface area (Å²) in [7, 11) is 0. The van der Waals surface area contributed by atoms with Crippen LogP contribution < -0.4 is 10.6 Å². The minimum atomic E-state index is 0. The Morgan fingerprint density at radius 1 is 1.19 bits per heavy atom. The Kier molecular flexibility index (Phi) is 8.41. The Labute approximate surface area is 173 Å². The van der Waals surface area contributed by atoms with Gasteiger partial charge in [0.05, 0.1) is 0 Å². The average Bonchev–Trinajstić information content (AvgIpc) is 3.27. The second-order valence-electron chi connectivity index (χ2n) is 6.67. The van der Waals surface area contributed by atoms with Gasteiger partial charge in [0.25, 0.3) is 0 Å². The molecule has 2 N–H and O–H groups in total. The molecule has 5 nitrogen and oxygen atoms in total. The summed E-state index contributed by atoms with van der Waals surface area (Å²) < 4.78 is 0. The molecule has 2 aliphatic rings. The van der Waals surface area contributed by atoms with Crippen molar-refractivity contribution in [2.24, 2.45) is 4.99 Å². The molecule has 26 heavy (non-hydrogen) atoms. The summed E-state index contributed by atoms with van der Waals surface area (Å²) in [5, 5.41) is 6.73. The van der Waals surface area contributed by atoms with Crippen LogP contribution in [0.25, 0.3) is 0 Å². The van der Waals surface area contributed by atoms with E-state index in [1.807, 2.05) is 17.0 Å². The van der Waals surface area contributed by atoms with Crippen LogP contribution in [-0.4, -0.2) is 35.9 Å². The number of rotatable bonds is 6. The van der Waals surface area contributed by atoms with Gasteiger partial charge in [0.15, 0.2) is 5.96 Å². The summed E-state index contributed by atoms with van der Waals surface area (Å²) >= 11 is 0. The lowest BCUT2D eigenvalue weighted by Crippen LogP contribution is -2.42. The number of amides is 1. The molecule has 142 valence electrons. The highest BCUT2D eigenvalue weighted by atomic mass is 127. The van der Waals surface area contributed by atoms with Crippen molar-refractivity contribution in [2.75, 3.05) is 13.1 Å². The first-order valence-corrected chi connectivity index (χ1v) is 9.30. The Morgan fingerprint density at radius 3 is 2.46 bits per heavy atom. The van der Waals surface area contributed by atoms with E-state index in [9.17, 15) is 4.79 Å². The fourth-order valence-corrected chi connectivity index (χ4v) is 3.34. The van der Waals surface area contributed by atoms with Crippen molar-refractivity contribution in [3.8, 4) is 0 Å². The molecule has 0 atom stereocenters. The molecule has 0 unspecified atom stereocenters. The minimum absolute atomic E-state index is 0. The first kappa shape index (κ1) is 20.7. The molecule has 0 saturated heterocycles. The van der Waals surface area contributed by atoms with Gasteiger partial charge in [0, 0.05) is 38.6 Å². The molecule has 1 aliphatic carbocycles. The molecule has 1 heterocycles. The number of nitrogens with one attached hydrogen (secondary N) is 2. The van der Waals surface area contributed by atoms with Gasteiger partial charge in [0.1, 0.15) is 0 Å². The smallest absolute Gasteiger partial charge is 0.223 e. The largest absolute Gasteiger partial charge is 0.357 e. The first-order chi connectivity index (χ1) is 12.3. The molecule has 0 bridgehead atoms. The third-order valence-electron chi connectivity index (χ3n) is 4.71. The van der Waals surface area contributed by atoms with Crippen LogP contribution in [0.4, 0.5) is 0 Å². The van der Waals surface area contributed by atoms with Gasteiger partial charge < -0.3 is 15.5 Å². The number of guanidine groups is 1. The fourth-order valence-electron chi connectivity index (χ4n) is 3.34. The predicted octanol–water partition coefficient (Wildman–Crippen LogP) is 3.20. The van der Waals surface area contributed by atoms with Crippen LogP contribution in [0.2, 0.25) is 0 Å². The number of halogens is 1. The zero-order valence-electron chi connectivity index (χ0n) is 15.4. The standard InChI is InChI=1S/C20H28N4O.HI/c1-2-21-20(23-18-10-5-6-11-18)22-13-7-12-19(25)24-14-16-8-3-4-9-17(16)15-24;/h3-6,8-9,18H,2,7,10-15H2,1H3,(H2,21,22,23);1H. The number of carbonyl (C=O) groups excluding carboxylic acids is 1. The minimum Gasteiger partial charge on any atom is -0.357 e. The van der Waals surface area contributed by atoms with Gasteiger partial charge in [0.2, 0.25) is 5.91 Å². The third kappa shape index (κ3) is 5.72. The Hall–Kier alpha value is -1.57. The molecule has 1 amide bonds. The fraction of sp³-hybridized carbons (Fsp3) is 0.500. The van der Waals surface area contributed by atoms with Crippen molar-refractivity contribution in [3.63, 3.8) is 0 Å². The summed E-state index contributed by atoms with van der Waals surface area (Å²) in [6, 6.07) is 8.74. The summed E-state index contributed by atoms with van der Waals surface area (Å²) in [5.74, 6) is 1.08. The van der Waals surface area contributed by atoms with Crippen LogP contribution in [0.15, 0.2) is 41.4 Å².